The molecule has 9 heteroatoms. The Bertz CT molecular complexity index is 1290. The average Bonchev–Trinajstić information content (AvgIpc) is 3.01. The van der Waals surface area contributed by atoms with E-state index in [1.807, 2.05) is 0 Å². The highest BCUT2D eigenvalue weighted by molar-refractivity contribution is 6.36. The molecule has 1 N–H and O–H groups in total. The quantitative estimate of drug-likeness (QED) is 0.365. The zero-order valence-corrected chi connectivity index (χ0v) is 16.8. The van der Waals surface area contributed by atoms with Gasteiger partial charge in [0.15, 0.2) is 0 Å². The number of carbonyl (C=O) groups is 3. The highest BCUT2D eigenvalue weighted by Gasteiger charge is 2.42. The van der Waals surface area contributed by atoms with E-state index >= 15 is 0 Å². The molecule has 0 aliphatic carbocycles. The van der Waals surface area contributed by atoms with Crippen LogP contribution in [-0.2, 0) is 0 Å². The van der Waals surface area contributed by atoms with Crippen molar-refractivity contribution < 1.29 is 19.3 Å². The van der Waals surface area contributed by atoms with Crippen molar-refractivity contribution in [1.29, 1.82) is 0 Å². The maximum absolute atomic E-state index is 13.0. The average molecular weight is 436 g/mol. The number of aryl methyl sites for hydroxylation is 1. The minimum Gasteiger partial charge on any atom is -0.322 e. The smallest absolute Gasteiger partial charge is 0.283 e. The first-order valence-electron chi connectivity index (χ1n) is 9.12. The van der Waals surface area contributed by atoms with Gasteiger partial charge in [-0.3, -0.25) is 24.5 Å². The Morgan fingerprint density at radius 3 is 2.52 bits per heavy atom. The number of imide groups is 1. The molecule has 0 saturated carbocycles. The summed E-state index contributed by atoms with van der Waals surface area (Å²) in [4.78, 5) is 50.4. The number of nitro groups is 1. The van der Waals surface area contributed by atoms with Crippen molar-refractivity contribution in [1.82, 2.24) is 0 Å². The third-order valence-electron chi connectivity index (χ3n) is 4.93. The van der Waals surface area contributed by atoms with E-state index in [-0.39, 0.29) is 22.4 Å². The van der Waals surface area contributed by atoms with E-state index in [2.05, 4.69) is 5.32 Å². The molecule has 3 aromatic carbocycles. The van der Waals surface area contributed by atoms with Crippen LogP contribution in [0.1, 0.15) is 36.6 Å². The predicted octanol–water partition coefficient (Wildman–Crippen LogP) is 4.61. The lowest BCUT2D eigenvalue weighted by Gasteiger charge is -2.18. The molecule has 4 rings (SSSR count). The summed E-state index contributed by atoms with van der Waals surface area (Å²) in [6.07, 6.45) is 0. The van der Waals surface area contributed by atoms with E-state index < -0.39 is 28.3 Å². The van der Waals surface area contributed by atoms with Crippen LogP contribution in [0.25, 0.3) is 0 Å². The first kappa shape index (κ1) is 20.2. The summed E-state index contributed by atoms with van der Waals surface area (Å²) in [5.41, 5.74) is 0.490. The lowest BCUT2D eigenvalue weighted by atomic mass is 10.1. The number of hydrogen-bond donors (Lipinski definition) is 1. The van der Waals surface area contributed by atoms with Gasteiger partial charge in [-0.2, -0.15) is 0 Å². The number of rotatable bonds is 4. The monoisotopic (exact) mass is 435 g/mol. The molecule has 1 heterocycles. The molecule has 0 unspecified atom stereocenters. The number of nitrogens with one attached hydrogen (secondary N) is 1. The Hall–Kier alpha value is -4.04. The van der Waals surface area contributed by atoms with Gasteiger partial charge >= 0.3 is 0 Å². The van der Waals surface area contributed by atoms with Crippen LogP contribution in [0.4, 0.5) is 17.1 Å². The summed E-state index contributed by atoms with van der Waals surface area (Å²) in [5.74, 6) is -2.15. The van der Waals surface area contributed by atoms with Crippen molar-refractivity contribution in [2.75, 3.05) is 10.2 Å². The maximum Gasteiger partial charge on any atom is 0.283 e. The van der Waals surface area contributed by atoms with E-state index in [4.69, 9.17) is 11.6 Å². The normalized spacial score (nSPS) is 12.6. The molecular weight excluding hydrogens is 422 g/mol. The number of para-hydroxylation sites is 1. The highest BCUT2D eigenvalue weighted by Crippen LogP contribution is 2.35. The zero-order chi connectivity index (χ0) is 22.3. The molecule has 3 aromatic rings. The molecule has 1 aliphatic rings. The fraction of sp³-hybridized carbons (Fsp3) is 0.0455. The molecular formula is C22H14ClN3O5. The van der Waals surface area contributed by atoms with Gasteiger partial charge in [-0.1, -0.05) is 35.9 Å². The molecule has 0 radical (unpaired) electrons. The highest BCUT2D eigenvalue weighted by atomic mass is 35.5. The Kier molecular flexibility index (Phi) is 5.00. The minimum absolute atomic E-state index is 0.0279. The summed E-state index contributed by atoms with van der Waals surface area (Å²) < 4.78 is 0. The lowest BCUT2D eigenvalue weighted by molar-refractivity contribution is -0.385. The van der Waals surface area contributed by atoms with Gasteiger partial charge in [-0.05, 0) is 42.8 Å². The number of halogens is 1. The molecule has 8 nitrogen and oxygen atoms in total. The van der Waals surface area contributed by atoms with Gasteiger partial charge in [0.1, 0.15) is 5.56 Å². The molecule has 0 atom stereocenters. The molecule has 0 bridgehead atoms. The van der Waals surface area contributed by atoms with Crippen LogP contribution < -0.4 is 10.2 Å². The van der Waals surface area contributed by atoms with Gasteiger partial charge < -0.3 is 5.32 Å². The van der Waals surface area contributed by atoms with Crippen LogP contribution >= 0.6 is 11.6 Å². The van der Waals surface area contributed by atoms with E-state index in [1.165, 1.54) is 24.3 Å². The third-order valence-corrected chi connectivity index (χ3v) is 5.16. The van der Waals surface area contributed by atoms with E-state index in [9.17, 15) is 24.5 Å². The second-order valence-corrected chi connectivity index (χ2v) is 7.27. The van der Waals surface area contributed by atoms with Crippen LogP contribution in [0.15, 0.2) is 60.7 Å². The summed E-state index contributed by atoms with van der Waals surface area (Å²) >= 11 is 6.01. The topological polar surface area (TPSA) is 110 Å². The minimum atomic E-state index is -0.855. The predicted molar refractivity (Wildman–Crippen MR) is 115 cm³/mol. The Balaban J connectivity index is 1.76. The van der Waals surface area contributed by atoms with Gasteiger partial charge in [-0.15, -0.1) is 0 Å². The van der Waals surface area contributed by atoms with Gasteiger partial charge in [0.05, 0.1) is 21.7 Å². The molecule has 0 aromatic heterocycles. The number of hydrogen-bond acceptors (Lipinski definition) is 5. The van der Waals surface area contributed by atoms with Crippen molar-refractivity contribution in [2.24, 2.45) is 0 Å². The molecule has 3 amide bonds. The molecule has 31 heavy (non-hydrogen) atoms. The number of fused-ring (bicyclic) bond motifs is 1. The number of nitrogens with zero attached hydrogens (tertiary/aromatic N) is 2. The largest absolute Gasteiger partial charge is 0.322 e. The number of amides is 3. The number of benzene rings is 3. The van der Waals surface area contributed by atoms with Crippen LogP contribution in [0.2, 0.25) is 5.02 Å². The summed E-state index contributed by atoms with van der Waals surface area (Å²) in [6.45, 7) is 1.79. The van der Waals surface area contributed by atoms with Crippen molar-refractivity contribution in [2.45, 2.75) is 6.92 Å². The van der Waals surface area contributed by atoms with Crippen molar-refractivity contribution in [3.05, 3.63) is 98.1 Å². The second-order valence-electron chi connectivity index (χ2n) is 6.83. The third kappa shape index (κ3) is 3.43. The van der Waals surface area contributed by atoms with E-state index in [1.54, 1.807) is 37.3 Å². The van der Waals surface area contributed by atoms with E-state index in [0.717, 1.165) is 16.5 Å². The van der Waals surface area contributed by atoms with Crippen LogP contribution in [0, 0.1) is 17.0 Å². The summed E-state index contributed by atoms with van der Waals surface area (Å²) in [5, 5.41) is 14.5. The number of anilines is 2. The molecule has 0 fully saturated rings. The Morgan fingerprint density at radius 1 is 1.03 bits per heavy atom. The fourth-order valence-corrected chi connectivity index (χ4v) is 3.59. The molecule has 0 spiro atoms. The van der Waals surface area contributed by atoms with Crippen LogP contribution in [0.3, 0.4) is 0 Å². The number of carbonyl (C=O) groups excluding carboxylic acids is 3. The van der Waals surface area contributed by atoms with Crippen molar-refractivity contribution >= 4 is 46.4 Å². The van der Waals surface area contributed by atoms with E-state index in [0.29, 0.717) is 10.7 Å². The van der Waals surface area contributed by atoms with Gasteiger partial charge in [0, 0.05) is 16.8 Å². The maximum atomic E-state index is 13.0. The van der Waals surface area contributed by atoms with Crippen molar-refractivity contribution in [3.63, 3.8) is 0 Å². The SMILES string of the molecule is Cc1ccc(Cl)cc1NC(=O)c1ccccc1N1C(=O)c2cccc([N+](=O)[O-])c2C1=O. The first-order valence-corrected chi connectivity index (χ1v) is 9.50. The second kappa shape index (κ2) is 7.66. The molecule has 1 aliphatic heterocycles. The van der Waals surface area contributed by atoms with Gasteiger partial charge in [0.25, 0.3) is 23.4 Å². The molecule has 154 valence electrons. The number of nitro benzene ring substituents is 1. The summed E-state index contributed by atoms with van der Waals surface area (Å²) in [6, 6.07) is 14.9. The van der Waals surface area contributed by atoms with Crippen molar-refractivity contribution in [3.8, 4) is 0 Å². The van der Waals surface area contributed by atoms with Crippen LogP contribution in [-0.4, -0.2) is 22.6 Å². The standard InChI is InChI=1S/C22H14ClN3O5/c1-12-9-10-13(23)11-16(12)24-20(27)14-5-2-3-7-17(14)25-21(28)15-6-4-8-18(26(30)31)19(15)22(25)29/h2-11H,1H3,(H,24,27). The Labute approximate surface area is 181 Å². The molecule has 0 saturated heterocycles. The Morgan fingerprint density at radius 2 is 1.77 bits per heavy atom. The van der Waals surface area contributed by atoms with Gasteiger partial charge in [0.2, 0.25) is 0 Å². The fourth-order valence-electron chi connectivity index (χ4n) is 3.42. The summed E-state index contributed by atoms with van der Waals surface area (Å²) in [7, 11) is 0. The van der Waals surface area contributed by atoms with Crippen LogP contribution in [0.5, 0.6) is 0 Å². The lowest BCUT2D eigenvalue weighted by Crippen LogP contribution is -2.31. The zero-order valence-electron chi connectivity index (χ0n) is 16.1. The van der Waals surface area contributed by atoms with Gasteiger partial charge in [-0.25, -0.2) is 4.90 Å². The first-order chi connectivity index (χ1) is 14.8.